The van der Waals surface area contributed by atoms with Gasteiger partial charge in [0, 0.05) is 31.6 Å². The fourth-order valence-electron chi connectivity index (χ4n) is 1.85. The number of rotatable bonds is 2. The minimum Gasteiger partial charge on any atom is -0.506 e. The largest absolute Gasteiger partial charge is 0.506 e. The number of allylic oxidation sites excluding steroid dienone is 2. The van der Waals surface area contributed by atoms with Gasteiger partial charge in [0.1, 0.15) is 17.5 Å². The van der Waals surface area contributed by atoms with Crippen LogP contribution in [-0.2, 0) is 4.74 Å². The zero-order valence-electron chi connectivity index (χ0n) is 9.81. The molecule has 18 heavy (non-hydrogen) atoms. The predicted molar refractivity (Wildman–Crippen MR) is 65.7 cm³/mol. The molecule has 0 aromatic carbocycles. The summed E-state index contributed by atoms with van der Waals surface area (Å²) < 4.78 is 5.26. The molecule has 6 heteroatoms. The molecule has 0 aromatic heterocycles. The third-order valence-corrected chi connectivity index (χ3v) is 2.82. The van der Waals surface area contributed by atoms with Crippen LogP contribution in [0.5, 0.6) is 0 Å². The van der Waals surface area contributed by atoms with E-state index in [1.165, 1.54) is 0 Å². The number of aliphatic hydroxyl groups excluding tert-OH is 1. The Kier molecular flexibility index (Phi) is 3.65. The van der Waals surface area contributed by atoms with Gasteiger partial charge in [-0.15, -0.1) is 0 Å². The van der Waals surface area contributed by atoms with Crippen molar-refractivity contribution in [1.29, 1.82) is 10.7 Å². The molecule has 6 nitrogen and oxygen atoms in total. The summed E-state index contributed by atoms with van der Waals surface area (Å²) in [5, 5.41) is 28.7. The number of dihydropyridines is 1. The number of morpholine rings is 1. The molecule has 1 fully saturated rings. The van der Waals surface area contributed by atoms with E-state index < -0.39 is 0 Å². The summed E-state index contributed by atoms with van der Waals surface area (Å²) in [7, 11) is 0. The van der Waals surface area contributed by atoms with Crippen LogP contribution in [0.3, 0.4) is 0 Å². The van der Waals surface area contributed by atoms with Crippen LogP contribution >= 0.6 is 0 Å². The van der Waals surface area contributed by atoms with Crippen LogP contribution in [0, 0.1) is 16.7 Å². The Hall–Kier alpha value is -2.26. The van der Waals surface area contributed by atoms with Crippen molar-refractivity contribution >= 4 is 6.21 Å². The van der Waals surface area contributed by atoms with E-state index in [1.54, 1.807) is 12.3 Å². The summed E-state index contributed by atoms with van der Waals surface area (Å²) in [6.07, 6.45) is 4.24. The monoisotopic (exact) mass is 246 g/mol. The summed E-state index contributed by atoms with van der Waals surface area (Å²) in [5.74, 6) is -0.0287. The number of hydrogen-bond donors (Lipinski definition) is 3. The van der Waals surface area contributed by atoms with E-state index in [0.29, 0.717) is 13.2 Å². The molecule has 2 heterocycles. The van der Waals surface area contributed by atoms with Crippen molar-refractivity contribution in [2.75, 3.05) is 26.3 Å². The maximum Gasteiger partial charge on any atom is 0.142 e. The number of ether oxygens (including phenoxy) is 1. The molecule has 0 unspecified atom stereocenters. The van der Waals surface area contributed by atoms with Crippen molar-refractivity contribution < 1.29 is 9.84 Å². The van der Waals surface area contributed by atoms with E-state index in [9.17, 15) is 5.11 Å². The minimum absolute atomic E-state index is 0.0287. The van der Waals surface area contributed by atoms with E-state index in [4.69, 9.17) is 15.4 Å². The van der Waals surface area contributed by atoms with Gasteiger partial charge in [0.25, 0.3) is 0 Å². The lowest BCUT2D eigenvalue weighted by molar-refractivity contribution is 0.0548. The Bertz CT molecular complexity index is 479. The van der Waals surface area contributed by atoms with Crippen molar-refractivity contribution in [3.8, 4) is 6.07 Å². The SMILES string of the molecule is N#C/C(C=N)=C1/NC=C(N2CCOCC2)C=C1O. The first-order chi connectivity index (χ1) is 8.76. The molecular formula is C12H14N4O2. The van der Waals surface area contributed by atoms with Crippen molar-refractivity contribution in [2.45, 2.75) is 0 Å². The predicted octanol–water partition coefficient (Wildman–Crippen LogP) is 0.632. The summed E-state index contributed by atoms with van der Waals surface area (Å²) >= 11 is 0. The van der Waals surface area contributed by atoms with Crippen LogP contribution in [-0.4, -0.2) is 42.5 Å². The second-order valence-electron chi connectivity index (χ2n) is 3.89. The first-order valence-electron chi connectivity index (χ1n) is 5.61. The van der Waals surface area contributed by atoms with Gasteiger partial charge in [-0.2, -0.15) is 5.26 Å². The lowest BCUT2D eigenvalue weighted by Crippen LogP contribution is -2.36. The average molecular weight is 246 g/mol. The summed E-state index contributed by atoms with van der Waals surface area (Å²) in [4.78, 5) is 2.08. The lowest BCUT2D eigenvalue weighted by Gasteiger charge is -2.31. The number of hydrogen-bond acceptors (Lipinski definition) is 6. The molecule has 0 bridgehead atoms. The molecule has 3 N–H and O–H groups in total. The first-order valence-corrected chi connectivity index (χ1v) is 5.61. The first kappa shape index (κ1) is 12.2. The van der Waals surface area contributed by atoms with Crippen molar-refractivity contribution in [1.82, 2.24) is 10.2 Å². The fourth-order valence-corrected chi connectivity index (χ4v) is 1.85. The highest BCUT2D eigenvalue weighted by molar-refractivity contribution is 5.83. The summed E-state index contributed by atoms with van der Waals surface area (Å²) in [5.41, 5.74) is 1.22. The number of nitrogens with zero attached hydrogens (tertiary/aromatic N) is 2. The van der Waals surface area contributed by atoms with Gasteiger partial charge in [-0.3, -0.25) is 0 Å². The van der Waals surface area contributed by atoms with Crippen LogP contribution < -0.4 is 5.32 Å². The highest BCUT2D eigenvalue weighted by Gasteiger charge is 2.18. The van der Waals surface area contributed by atoms with Crippen molar-refractivity contribution in [2.24, 2.45) is 0 Å². The van der Waals surface area contributed by atoms with Gasteiger partial charge in [-0.25, -0.2) is 0 Å². The molecule has 0 aromatic rings. The standard InChI is InChI=1S/C12H14N4O2/c13-6-9(7-14)12-11(17)5-10(8-15-12)16-1-3-18-4-2-16/h5-6,8,13,15,17H,1-4H2/b12-9+,13-6?. The Morgan fingerprint density at radius 1 is 1.56 bits per heavy atom. The fraction of sp³-hybridized carbons (Fsp3) is 0.333. The zero-order valence-corrected chi connectivity index (χ0v) is 9.81. The molecule has 2 rings (SSSR count). The van der Waals surface area contributed by atoms with Crippen molar-refractivity contribution in [3.05, 3.63) is 35.0 Å². The topological polar surface area (TPSA) is 92.4 Å². The van der Waals surface area contributed by atoms with Gasteiger partial charge in [0.15, 0.2) is 0 Å². The van der Waals surface area contributed by atoms with Gasteiger partial charge in [0.05, 0.1) is 24.5 Å². The van der Waals surface area contributed by atoms with E-state index in [-0.39, 0.29) is 17.0 Å². The van der Waals surface area contributed by atoms with E-state index in [0.717, 1.165) is 25.0 Å². The molecule has 94 valence electrons. The second-order valence-corrected chi connectivity index (χ2v) is 3.89. The Labute approximate surface area is 105 Å². The molecule has 0 aliphatic carbocycles. The van der Waals surface area contributed by atoms with E-state index in [1.807, 2.05) is 6.07 Å². The maximum absolute atomic E-state index is 9.89. The van der Waals surface area contributed by atoms with E-state index >= 15 is 0 Å². The second kappa shape index (κ2) is 5.38. The van der Waals surface area contributed by atoms with Crippen LogP contribution in [0.2, 0.25) is 0 Å². The molecule has 0 atom stereocenters. The summed E-state index contributed by atoms with van der Waals surface area (Å²) in [6.45, 7) is 2.87. The molecular weight excluding hydrogens is 232 g/mol. The Morgan fingerprint density at radius 2 is 2.28 bits per heavy atom. The molecule has 0 saturated carbocycles. The van der Waals surface area contributed by atoms with Crippen molar-refractivity contribution in [3.63, 3.8) is 0 Å². The molecule has 0 spiro atoms. The normalized spacial score (nSPS) is 22.3. The van der Waals surface area contributed by atoms with Crippen LogP contribution in [0.15, 0.2) is 35.0 Å². The summed E-state index contributed by atoms with van der Waals surface area (Å²) in [6, 6.07) is 1.86. The maximum atomic E-state index is 9.89. The lowest BCUT2D eigenvalue weighted by atomic mass is 10.1. The Morgan fingerprint density at radius 3 is 2.83 bits per heavy atom. The van der Waals surface area contributed by atoms with Crippen LogP contribution in [0.25, 0.3) is 0 Å². The smallest absolute Gasteiger partial charge is 0.142 e. The van der Waals surface area contributed by atoms with Gasteiger partial charge in [0.2, 0.25) is 0 Å². The number of aliphatic hydroxyl groups is 1. The highest BCUT2D eigenvalue weighted by Crippen LogP contribution is 2.19. The molecule has 2 aliphatic heterocycles. The molecule has 0 radical (unpaired) electrons. The minimum atomic E-state index is -0.0287. The molecule has 0 amide bonds. The van der Waals surface area contributed by atoms with Crippen LogP contribution in [0.4, 0.5) is 0 Å². The van der Waals surface area contributed by atoms with Gasteiger partial charge in [-0.05, 0) is 0 Å². The highest BCUT2D eigenvalue weighted by atomic mass is 16.5. The zero-order chi connectivity index (χ0) is 13.0. The van der Waals surface area contributed by atoms with Gasteiger partial charge < -0.3 is 25.5 Å². The van der Waals surface area contributed by atoms with Crippen LogP contribution in [0.1, 0.15) is 0 Å². The molecule has 2 aliphatic rings. The Balaban J connectivity index is 2.19. The number of nitriles is 1. The third kappa shape index (κ3) is 2.36. The van der Waals surface area contributed by atoms with Gasteiger partial charge >= 0.3 is 0 Å². The third-order valence-electron chi connectivity index (χ3n) is 2.82. The van der Waals surface area contributed by atoms with E-state index in [2.05, 4.69) is 10.2 Å². The van der Waals surface area contributed by atoms with Gasteiger partial charge in [-0.1, -0.05) is 0 Å². The average Bonchev–Trinajstić information content (AvgIpc) is 2.43. The quantitative estimate of drug-likeness (QED) is 0.491. The number of nitrogens with one attached hydrogen (secondary N) is 2. The molecule has 1 saturated heterocycles.